The van der Waals surface area contributed by atoms with Gasteiger partial charge >= 0.3 is 11.8 Å². The minimum atomic E-state index is -0.821. The quantitative estimate of drug-likeness (QED) is 0.727. The molecule has 0 aliphatic carbocycles. The van der Waals surface area contributed by atoms with E-state index in [0.29, 0.717) is 10.6 Å². The van der Waals surface area contributed by atoms with Crippen molar-refractivity contribution in [2.45, 2.75) is 12.6 Å². The largest absolute Gasteiger partial charge is 0.466 e. The number of hydrogen-bond donors (Lipinski definition) is 3. The Balaban J connectivity index is 1.96. The Labute approximate surface area is 119 Å². The minimum absolute atomic E-state index is 0.238. The van der Waals surface area contributed by atoms with Gasteiger partial charge in [-0.05, 0) is 24.3 Å². The fraction of sp³-hybridized carbons (Fsp3) is 0.231. The van der Waals surface area contributed by atoms with E-state index in [1.54, 1.807) is 24.3 Å². The van der Waals surface area contributed by atoms with E-state index in [-0.39, 0.29) is 6.54 Å². The Kier molecular flexibility index (Phi) is 4.54. The molecule has 2 amide bonds. The molecule has 0 aromatic carbocycles. The molecular weight excluding hydrogens is 280 g/mol. The first-order chi connectivity index (χ1) is 9.61. The maximum atomic E-state index is 11.3. The number of carbonyl (C=O) groups excluding carboxylic acids is 2. The van der Waals surface area contributed by atoms with E-state index >= 15 is 0 Å². The summed E-state index contributed by atoms with van der Waals surface area (Å²) < 4.78 is 5.14. The van der Waals surface area contributed by atoms with Crippen LogP contribution in [0.3, 0.4) is 0 Å². The Bertz CT molecular complexity index is 591. The van der Waals surface area contributed by atoms with Crippen LogP contribution in [0.15, 0.2) is 34.9 Å². The fourth-order valence-corrected chi connectivity index (χ4v) is 2.53. The molecule has 1 atom stereocenters. The van der Waals surface area contributed by atoms with Gasteiger partial charge in [0.1, 0.15) is 11.9 Å². The van der Waals surface area contributed by atoms with Crippen LogP contribution in [0.4, 0.5) is 0 Å². The van der Waals surface area contributed by atoms with Crippen molar-refractivity contribution in [3.8, 4) is 0 Å². The molecule has 2 rings (SSSR count). The number of hydrogen-bond acceptors (Lipinski definition) is 5. The maximum Gasteiger partial charge on any atom is 0.309 e. The molecule has 0 fully saturated rings. The number of carbonyl (C=O) groups is 2. The normalized spacial score (nSPS) is 11.9. The van der Waals surface area contributed by atoms with Gasteiger partial charge in [-0.15, -0.1) is 11.3 Å². The molecule has 20 heavy (non-hydrogen) atoms. The Morgan fingerprint density at radius 2 is 2.15 bits per heavy atom. The third-order valence-corrected chi connectivity index (χ3v) is 3.76. The lowest BCUT2D eigenvalue weighted by molar-refractivity contribution is -0.138. The Hall–Kier alpha value is -2.12. The number of nitrogens with one attached hydrogen (secondary N) is 2. The van der Waals surface area contributed by atoms with Crippen LogP contribution in [0.5, 0.6) is 0 Å². The molecule has 0 saturated heterocycles. The summed E-state index contributed by atoms with van der Waals surface area (Å²) in [5.41, 5.74) is 0. The van der Waals surface area contributed by atoms with Gasteiger partial charge in [-0.2, -0.15) is 0 Å². The molecule has 0 spiro atoms. The summed E-state index contributed by atoms with van der Waals surface area (Å²) in [4.78, 5) is 23.9. The number of aliphatic hydroxyl groups excluding tert-OH is 1. The SMILES string of the molecule is CNC(=O)C(=O)NCc1ccc(C(O)c2ccco2)s1. The topological polar surface area (TPSA) is 91.6 Å². The summed E-state index contributed by atoms with van der Waals surface area (Å²) >= 11 is 1.34. The Morgan fingerprint density at radius 1 is 1.35 bits per heavy atom. The first-order valence-corrected chi connectivity index (χ1v) is 6.73. The van der Waals surface area contributed by atoms with Crippen molar-refractivity contribution in [2.24, 2.45) is 0 Å². The molecule has 1 unspecified atom stereocenters. The standard InChI is InChI=1S/C13H14N2O4S/c1-14-12(17)13(18)15-7-8-4-5-10(20-8)11(16)9-3-2-6-19-9/h2-6,11,16H,7H2,1H3,(H,14,17)(H,15,18). The highest BCUT2D eigenvalue weighted by atomic mass is 32.1. The molecular formula is C13H14N2O4S. The molecule has 0 saturated carbocycles. The summed E-state index contributed by atoms with van der Waals surface area (Å²) in [6.45, 7) is 0.238. The van der Waals surface area contributed by atoms with Crippen molar-refractivity contribution < 1.29 is 19.1 Å². The van der Waals surface area contributed by atoms with E-state index in [0.717, 1.165) is 4.88 Å². The molecule has 0 aliphatic rings. The van der Waals surface area contributed by atoms with E-state index in [2.05, 4.69) is 10.6 Å². The Morgan fingerprint density at radius 3 is 2.80 bits per heavy atom. The van der Waals surface area contributed by atoms with Gasteiger partial charge < -0.3 is 20.2 Å². The third-order valence-electron chi connectivity index (χ3n) is 2.62. The zero-order valence-corrected chi connectivity index (χ0v) is 11.6. The van der Waals surface area contributed by atoms with E-state index in [9.17, 15) is 14.7 Å². The van der Waals surface area contributed by atoms with E-state index in [1.807, 2.05) is 0 Å². The summed E-state index contributed by atoms with van der Waals surface area (Å²) in [6.07, 6.45) is 0.676. The first-order valence-electron chi connectivity index (χ1n) is 5.92. The van der Waals surface area contributed by atoms with Crippen molar-refractivity contribution in [3.63, 3.8) is 0 Å². The van der Waals surface area contributed by atoms with Crippen molar-refractivity contribution in [1.82, 2.24) is 10.6 Å². The summed E-state index contributed by atoms with van der Waals surface area (Å²) in [6, 6.07) is 6.95. The lowest BCUT2D eigenvalue weighted by Gasteiger charge is -2.04. The van der Waals surface area contributed by atoms with Crippen LogP contribution in [0.25, 0.3) is 0 Å². The molecule has 3 N–H and O–H groups in total. The highest BCUT2D eigenvalue weighted by molar-refractivity contribution is 7.12. The fourth-order valence-electron chi connectivity index (χ4n) is 1.58. The number of amides is 2. The number of rotatable bonds is 4. The predicted molar refractivity (Wildman–Crippen MR) is 73.0 cm³/mol. The van der Waals surface area contributed by atoms with Crippen LogP contribution < -0.4 is 10.6 Å². The zero-order chi connectivity index (χ0) is 14.5. The van der Waals surface area contributed by atoms with Crippen LogP contribution in [-0.4, -0.2) is 24.0 Å². The maximum absolute atomic E-state index is 11.3. The minimum Gasteiger partial charge on any atom is -0.466 e. The summed E-state index contributed by atoms with van der Waals surface area (Å²) in [5.74, 6) is -0.903. The van der Waals surface area contributed by atoms with Gasteiger partial charge in [0.15, 0.2) is 0 Å². The average molecular weight is 294 g/mol. The molecule has 106 valence electrons. The molecule has 6 nitrogen and oxygen atoms in total. The number of likely N-dealkylation sites (N-methyl/N-ethyl adjacent to an activating group) is 1. The lowest BCUT2D eigenvalue weighted by atomic mass is 10.2. The van der Waals surface area contributed by atoms with Crippen molar-refractivity contribution >= 4 is 23.2 Å². The van der Waals surface area contributed by atoms with Crippen LogP contribution in [0.2, 0.25) is 0 Å². The number of thiophene rings is 1. The van der Waals surface area contributed by atoms with Crippen LogP contribution in [-0.2, 0) is 16.1 Å². The van der Waals surface area contributed by atoms with Crippen molar-refractivity contribution in [3.05, 3.63) is 46.0 Å². The van der Waals surface area contributed by atoms with Crippen molar-refractivity contribution in [1.29, 1.82) is 0 Å². The molecule has 2 heterocycles. The second-order valence-corrected chi connectivity index (χ2v) is 5.18. The van der Waals surface area contributed by atoms with E-state index in [4.69, 9.17) is 4.42 Å². The highest BCUT2D eigenvalue weighted by Crippen LogP contribution is 2.28. The van der Waals surface area contributed by atoms with Gasteiger partial charge in [0.05, 0.1) is 12.8 Å². The monoisotopic (exact) mass is 294 g/mol. The molecule has 0 aliphatic heterocycles. The highest BCUT2D eigenvalue weighted by Gasteiger charge is 2.16. The van der Waals surface area contributed by atoms with Gasteiger partial charge in [0, 0.05) is 16.8 Å². The smallest absolute Gasteiger partial charge is 0.309 e. The first kappa shape index (κ1) is 14.3. The van der Waals surface area contributed by atoms with Gasteiger partial charge in [-0.1, -0.05) is 0 Å². The molecule has 0 radical (unpaired) electrons. The third kappa shape index (κ3) is 3.25. The van der Waals surface area contributed by atoms with Crippen LogP contribution in [0.1, 0.15) is 21.6 Å². The van der Waals surface area contributed by atoms with Crippen molar-refractivity contribution in [2.75, 3.05) is 7.05 Å². The van der Waals surface area contributed by atoms with Gasteiger partial charge in [0.25, 0.3) is 0 Å². The van der Waals surface area contributed by atoms with Gasteiger partial charge in [-0.3, -0.25) is 9.59 Å². The molecule has 0 bridgehead atoms. The molecule has 2 aromatic rings. The second kappa shape index (κ2) is 6.36. The van der Waals surface area contributed by atoms with Crippen LogP contribution in [0, 0.1) is 0 Å². The van der Waals surface area contributed by atoms with Crippen LogP contribution >= 0.6 is 11.3 Å². The second-order valence-electron chi connectivity index (χ2n) is 3.98. The number of furan rings is 1. The van der Waals surface area contributed by atoms with E-state index in [1.165, 1.54) is 24.6 Å². The number of aliphatic hydroxyl groups is 1. The lowest BCUT2D eigenvalue weighted by Crippen LogP contribution is -2.37. The summed E-state index contributed by atoms with van der Waals surface area (Å²) in [5, 5.41) is 14.8. The summed E-state index contributed by atoms with van der Waals surface area (Å²) in [7, 11) is 1.39. The van der Waals surface area contributed by atoms with Gasteiger partial charge in [-0.25, -0.2) is 0 Å². The average Bonchev–Trinajstić information content (AvgIpc) is 3.14. The predicted octanol–water partition coefficient (Wildman–Crippen LogP) is 0.785. The van der Waals surface area contributed by atoms with Gasteiger partial charge in [0.2, 0.25) is 0 Å². The molecule has 7 heteroatoms. The molecule has 2 aromatic heterocycles. The zero-order valence-electron chi connectivity index (χ0n) is 10.8. The van der Waals surface area contributed by atoms with E-state index < -0.39 is 17.9 Å².